The molecule has 1 atom stereocenters. The molecule has 0 saturated carbocycles. The minimum absolute atomic E-state index is 0. The lowest BCUT2D eigenvalue weighted by Crippen LogP contribution is -2.22. The van der Waals surface area contributed by atoms with Gasteiger partial charge in [-0.15, -0.1) is 12.4 Å². The van der Waals surface area contributed by atoms with E-state index < -0.39 is 0 Å². The van der Waals surface area contributed by atoms with E-state index >= 15 is 0 Å². The summed E-state index contributed by atoms with van der Waals surface area (Å²) in [4.78, 5) is 0. The first kappa shape index (κ1) is 14.0. The van der Waals surface area contributed by atoms with Crippen LogP contribution in [0.5, 0.6) is 11.5 Å². The van der Waals surface area contributed by atoms with E-state index in [2.05, 4.69) is 0 Å². The zero-order valence-electron chi connectivity index (χ0n) is 8.90. The van der Waals surface area contributed by atoms with Crippen LogP contribution in [0, 0.1) is 0 Å². The van der Waals surface area contributed by atoms with Gasteiger partial charge < -0.3 is 20.9 Å². The molecule has 0 bridgehead atoms. The van der Waals surface area contributed by atoms with Gasteiger partial charge in [-0.1, -0.05) is 6.07 Å². The molecule has 0 heterocycles. The number of rotatable bonds is 4. The fourth-order valence-corrected chi connectivity index (χ4v) is 1.36. The second kappa shape index (κ2) is 6.50. The van der Waals surface area contributed by atoms with Crippen LogP contribution in [0.25, 0.3) is 0 Å². The van der Waals surface area contributed by atoms with E-state index in [4.69, 9.17) is 20.9 Å². The number of hydrogen-bond acceptors (Lipinski definition) is 4. The van der Waals surface area contributed by atoms with Gasteiger partial charge in [0.25, 0.3) is 0 Å². The first-order chi connectivity index (χ1) is 6.74. The summed E-state index contributed by atoms with van der Waals surface area (Å²) in [6.45, 7) is 0.358. The van der Waals surface area contributed by atoms with Gasteiger partial charge in [-0.3, -0.25) is 0 Å². The lowest BCUT2D eigenvalue weighted by atomic mass is 10.1. The molecule has 1 rings (SSSR count). The van der Waals surface area contributed by atoms with Crippen LogP contribution in [-0.2, 0) is 0 Å². The van der Waals surface area contributed by atoms with E-state index in [9.17, 15) is 0 Å². The fourth-order valence-electron chi connectivity index (χ4n) is 1.36. The number of methoxy groups -OCH3 is 2. The maximum atomic E-state index is 5.86. The molecule has 5 heteroatoms. The highest BCUT2D eigenvalue weighted by Crippen LogP contribution is 2.32. The quantitative estimate of drug-likeness (QED) is 0.815. The molecule has 0 unspecified atom stereocenters. The predicted molar refractivity (Wildman–Crippen MR) is 62.8 cm³/mol. The van der Waals surface area contributed by atoms with Crippen molar-refractivity contribution in [2.75, 3.05) is 20.8 Å². The van der Waals surface area contributed by atoms with Crippen LogP contribution in [0.15, 0.2) is 18.2 Å². The number of halogens is 1. The molecule has 0 aromatic heterocycles. The Kier molecular flexibility index (Phi) is 6.08. The monoisotopic (exact) mass is 232 g/mol. The molecule has 1 aromatic rings. The molecular formula is C10H17ClN2O2. The molecule has 4 N–H and O–H groups in total. The maximum Gasteiger partial charge on any atom is 0.127 e. The Morgan fingerprint density at radius 3 is 2.00 bits per heavy atom. The Morgan fingerprint density at radius 2 is 1.67 bits per heavy atom. The largest absolute Gasteiger partial charge is 0.496 e. The van der Waals surface area contributed by atoms with Crippen LogP contribution in [0.2, 0.25) is 0 Å². The van der Waals surface area contributed by atoms with Crippen molar-refractivity contribution in [1.82, 2.24) is 0 Å². The molecule has 0 aliphatic carbocycles. The summed E-state index contributed by atoms with van der Waals surface area (Å²) in [6, 6.07) is 5.27. The Bertz CT molecular complexity index is 285. The van der Waals surface area contributed by atoms with Gasteiger partial charge >= 0.3 is 0 Å². The molecule has 0 fully saturated rings. The van der Waals surface area contributed by atoms with Crippen LogP contribution < -0.4 is 20.9 Å². The molecule has 0 radical (unpaired) electrons. The van der Waals surface area contributed by atoms with Crippen molar-refractivity contribution in [2.45, 2.75) is 6.04 Å². The second-order valence-electron chi connectivity index (χ2n) is 2.92. The number of hydrogen-bond donors (Lipinski definition) is 2. The Morgan fingerprint density at radius 1 is 1.20 bits per heavy atom. The van der Waals surface area contributed by atoms with Gasteiger partial charge in [-0.25, -0.2) is 0 Å². The van der Waals surface area contributed by atoms with Crippen LogP contribution in [0.4, 0.5) is 0 Å². The Hall–Kier alpha value is -0.970. The summed E-state index contributed by atoms with van der Waals surface area (Å²) in [5.74, 6) is 1.42. The third-order valence-electron chi connectivity index (χ3n) is 2.09. The van der Waals surface area contributed by atoms with Gasteiger partial charge in [0, 0.05) is 12.6 Å². The van der Waals surface area contributed by atoms with Crippen molar-refractivity contribution >= 4 is 12.4 Å². The Balaban J connectivity index is 0.00000196. The minimum atomic E-state index is -0.263. The first-order valence-corrected chi connectivity index (χ1v) is 4.41. The van der Waals surface area contributed by atoms with Crippen LogP contribution in [-0.4, -0.2) is 20.8 Å². The molecule has 0 saturated heterocycles. The van der Waals surface area contributed by atoms with Gasteiger partial charge in [0.05, 0.1) is 19.8 Å². The van der Waals surface area contributed by atoms with E-state index in [0.29, 0.717) is 18.0 Å². The van der Waals surface area contributed by atoms with Gasteiger partial charge in [0.1, 0.15) is 11.5 Å². The molecule has 0 aliphatic heterocycles. The molecular weight excluding hydrogens is 216 g/mol. The SMILES string of the molecule is COc1cccc(OC)c1[C@@H](N)CN.Cl. The lowest BCUT2D eigenvalue weighted by molar-refractivity contribution is 0.379. The predicted octanol–water partition coefficient (Wildman–Crippen LogP) is 1.08. The first-order valence-electron chi connectivity index (χ1n) is 4.41. The van der Waals surface area contributed by atoms with Crippen molar-refractivity contribution in [2.24, 2.45) is 11.5 Å². The number of benzene rings is 1. The highest BCUT2D eigenvalue weighted by Gasteiger charge is 2.15. The van der Waals surface area contributed by atoms with Gasteiger partial charge in [0.15, 0.2) is 0 Å². The van der Waals surface area contributed by atoms with Crippen LogP contribution in [0.1, 0.15) is 11.6 Å². The summed E-state index contributed by atoms with van der Waals surface area (Å²) >= 11 is 0. The van der Waals surface area contributed by atoms with Crippen molar-refractivity contribution in [3.05, 3.63) is 23.8 Å². The van der Waals surface area contributed by atoms with Gasteiger partial charge in [-0.2, -0.15) is 0 Å². The highest BCUT2D eigenvalue weighted by molar-refractivity contribution is 5.85. The molecule has 0 amide bonds. The van der Waals surface area contributed by atoms with Crippen LogP contribution >= 0.6 is 12.4 Å². The summed E-state index contributed by atoms with van der Waals surface area (Å²) in [5.41, 5.74) is 12.2. The number of ether oxygens (including phenoxy) is 2. The molecule has 86 valence electrons. The molecule has 4 nitrogen and oxygen atoms in total. The van der Waals surface area contributed by atoms with E-state index in [0.717, 1.165) is 5.56 Å². The zero-order chi connectivity index (χ0) is 10.6. The van der Waals surface area contributed by atoms with Crippen molar-refractivity contribution in [3.63, 3.8) is 0 Å². The van der Waals surface area contributed by atoms with E-state index in [1.807, 2.05) is 18.2 Å². The summed E-state index contributed by atoms with van der Waals surface area (Å²) in [7, 11) is 3.20. The number of nitrogens with two attached hydrogens (primary N) is 2. The standard InChI is InChI=1S/C10H16N2O2.ClH/c1-13-8-4-3-5-9(14-2)10(8)7(12)6-11;/h3-5,7H,6,11-12H2,1-2H3;1H/t7-;/m0./s1. The van der Waals surface area contributed by atoms with Gasteiger partial charge in [-0.05, 0) is 12.1 Å². The average molecular weight is 233 g/mol. The van der Waals surface area contributed by atoms with Crippen molar-refractivity contribution in [3.8, 4) is 11.5 Å². The average Bonchev–Trinajstić information content (AvgIpc) is 2.26. The fraction of sp³-hybridized carbons (Fsp3) is 0.400. The van der Waals surface area contributed by atoms with Crippen molar-refractivity contribution in [1.29, 1.82) is 0 Å². The second-order valence-corrected chi connectivity index (χ2v) is 2.92. The minimum Gasteiger partial charge on any atom is -0.496 e. The lowest BCUT2D eigenvalue weighted by Gasteiger charge is -2.17. The Labute approximate surface area is 96.0 Å². The molecule has 1 aromatic carbocycles. The van der Waals surface area contributed by atoms with E-state index in [1.54, 1.807) is 14.2 Å². The summed E-state index contributed by atoms with van der Waals surface area (Å²) < 4.78 is 10.4. The highest BCUT2D eigenvalue weighted by atomic mass is 35.5. The molecule has 15 heavy (non-hydrogen) atoms. The summed E-state index contributed by atoms with van der Waals surface area (Å²) in [5, 5.41) is 0. The smallest absolute Gasteiger partial charge is 0.127 e. The van der Waals surface area contributed by atoms with Crippen LogP contribution in [0.3, 0.4) is 0 Å². The summed E-state index contributed by atoms with van der Waals surface area (Å²) in [6.07, 6.45) is 0. The van der Waals surface area contributed by atoms with E-state index in [1.165, 1.54) is 0 Å². The normalized spacial score (nSPS) is 11.5. The third-order valence-corrected chi connectivity index (χ3v) is 2.09. The molecule has 0 aliphatic rings. The zero-order valence-corrected chi connectivity index (χ0v) is 9.71. The third kappa shape index (κ3) is 2.99. The van der Waals surface area contributed by atoms with Gasteiger partial charge in [0.2, 0.25) is 0 Å². The molecule has 0 spiro atoms. The topological polar surface area (TPSA) is 70.5 Å². The van der Waals surface area contributed by atoms with Crippen molar-refractivity contribution < 1.29 is 9.47 Å². The van der Waals surface area contributed by atoms with E-state index in [-0.39, 0.29) is 18.4 Å². The maximum absolute atomic E-state index is 5.86.